The van der Waals surface area contributed by atoms with Gasteiger partial charge in [-0.15, -0.1) is 11.6 Å². The van der Waals surface area contributed by atoms with Crippen molar-refractivity contribution in [3.05, 3.63) is 23.0 Å². The van der Waals surface area contributed by atoms with E-state index in [0.29, 0.717) is 0 Å². The summed E-state index contributed by atoms with van der Waals surface area (Å²) in [7, 11) is 1.28. The van der Waals surface area contributed by atoms with Crippen molar-refractivity contribution in [2.75, 3.05) is 7.11 Å². The van der Waals surface area contributed by atoms with Crippen molar-refractivity contribution in [2.24, 2.45) is 0 Å². The number of hydrogen-bond acceptors (Lipinski definition) is 3. The second-order valence-electron chi connectivity index (χ2n) is 2.80. The molecule has 1 rings (SSSR count). The Balaban J connectivity index is 3.50. The number of alkyl halides is 3. The lowest BCUT2D eigenvalue weighted by atomic mass is 10.1. The zero-order valence-electron chi connectivity index (χ0n) is 8.21. The topological polar surface area (TPSA) is 59.4 Å². The Hall–Kier alpha value is -1.43. The highest BCUT2D eigenvalue weighted by Crippen LogP contribution is 2.30. The number of aromatic carboxylic acids is 1. The standard InChI is InChI=1S/C9H8ClF2NO3/c1-16-5-3-13-7(8(11)12)6(9(14)15)4(5)2-10/h3,8H,2H2,1H3,(H,14,15). The van der Waals surface area contributed by atoms with E-state index in [4.69, 9.17) is 21.4 Å². The van der Waals surface area contributed by atoms with Crippen LogP contribution in [0.1, 0.15) is 28.0 Å². The Bertz CT molecular complexity index is 412. The van der Waals surface area contributed by atoms with Crippen molar-refractivity contribution in [3.63, 3.8) is 0 Å². The molecule has 1 aromatic heterocycles. The molecule has 4 nitrogen and oxygen atoms in total. The van der Waals surface area contributed by atoms with E-state index in [2.05, 4.69) is 4.98 Å². The van der Waals surface area contributed by atoms with Crippen LogP contribution in [0.2, 0.25) is 0 Å². The number of ether oxygens (including phenoxy) is 1. The van der Waals surface area contributed by atoms with E-state index >= 15 is 0 Å². The highest BCUT2D eigenvalue weighted by Gasteiger charge is 2.25. The predicted octanol–water partition coefficient (Wildman–Crippen LogP) is 2.46. The summed E-state index contributed by atoms with van der Waals surface area (Å²) in [5.74, 6) is -1.67. The van der Waals surface area contributed by atoms with Gasteiger partial charge in [0, 0.05) is 5.56 Å². The number of hydrogen-bond donors (Lipinski definition) is 1. The van der Waals surface area contributed by atoms with Crippen molar-refractivity contribution in [2.45, 2.75) is 12.3 Å². The van der Waals surface area contributed by atoms with Gasteiger partial charge in [-0.1, -0.05) is 0 Å². The SMILES string of the molecule is COc1cnc(C(F)F)c(C(=O)O)c1CCl. The highest BCUT2D eigenvalue weighted by molar-refractivity contribution is 6.18. The first kappa shape index (κ1) is 12.6. The molecule has 88 valence electrons. The third-order valence-corrected chi connectivity index (χ3v) is 2.22. The van der Waals surface area contributed by atoms with Gasteiger partial charge in [0.15, 0.2) is 0 Å². The molecule has 0 fully saturated rings. The van der Waals surface area contributed by atoms with E-state index in [1.54, 1.807) is 0 Å². The van der Waals surface area contributed by atoms with Gasteiger partial charge < -0.3 is 9.84 Å². The van der Waals surface area contributed by atoms with E-state index in [0.717, 1.165) is 6.20 Å². The number of nitrogens with zero attached hydrogens (tertiary/aromatic N) is 1. The van der Waals surface area contributed by atoms with Crippen LogP contribution in [0.4, 0.5) is 8.78 Å². The minimum absolute atomic E-state index is 0.00182. The summed E-state index contributed by atoms with van der Waals surface area (Å²) in [5, 5.41) is 8.86. The van der Waals surface area contributed by atoms with Gasteiger partial charge in [0.05, 0.1) is 24.8 Å². The fourth-order valence-electron chi connectivity index (χ4n) is 1.26. The summed E-state index contributed by atoms with van der Waals surface area (Å²) in [5.41, 5.74) is -1.39. The van der Waals surface area contributed by atoms with E-state index in [9.17, 15) is 13.6 Å². The maximum atomic E-state index is 12.5. The van der Waals surface area contributed by atoms with Crippen LogP contribution in [-0.4, -0.2) is 23.2 Å². The molecular weight excluding hydrogens is 244 g/mol. The quantitative estimate of drug-likeness (QED) is 0.835. The van der Waals surface area contributed by atoms with Gasteiger partial charge in [-0.25, -0.2) is 13.6 Å². The number of carboxylic acid groups (broad SMARTS) is 1. The Labute approximate surface area is 94.8 Å². The number of pyridine rings is 1. The van der Waals surface area contributed by atoms with Crippen LogP contribution in [0.5, 0.6) is 5.75 Å². The lowest BCUT2D eigenvalue weighted by Crippen LogP contribution is -2.10. The molecule has 0 aliphatic rings. The fourth-order valence-corrected chi connectivity index (χ4v) is 1.53. The number of halogens is 3. The molecule has 0 unspecified atom stereocenters. The van der Waals surface area contributed by atoms with Crippen LogP contribution in [0.25, 0.3) is 0 Å². The molecule has 0 bridgehead atoms. The Morgan fingerprint density at radius 2 is 2.31 bits per heavy atom. The number of carboxylic acids is 1. The summed E-state index contributed by atoms with van der Waals surface area (Å²) >= 11 is 5.52. The molecule has 0 aliphatic heterocycles. The number of methoxy groups -OCH3 is 1. The Morgan fingerprint density at radius 3 is 2.69 bits per heavy atom. The lowest BCUT2D eigenvalue weighted by Gasteiger charge is -2.12. The first-order valence-electron chi connectivity index (χ1n) is 4.16. The van der Waals surface area contributed by atoms with E-state index < -0.39 is 23.7 Å². The smallest absolute Gasteiger partial charge is 0.338 e. The van der Waals surface area contributed by atoms with Gasteiger partial charge >= 0.3 is 5.97 Å². The van der Waals surface area contributed by atoms with E-state index in [1.807, 2.05) is 0 Å². The molecule has 1 N–H and O–H groups in total. The summed E-state index contributed by atoms with van der Waals surface area (Å²) in [6.45, 7) is 0. The van der Waals surface area contributed by atoms with Gasteiger partial charge in [-0.2, -0.15) is 0 Å². The first-order valence-corrected chi connectivity index (χ1v) is 4.69. The van der Waals surface area contributed by atoms with Crippen molar-refractivity contribution in [1.29, 1.82) is 0 Å². The highest BCUT2D eigenvalue weighted by atomic mass is 35.5. The summed E-state index contributed by atoms with van der Waals surface area (Å²) in [6.07, 6.45) is -1.94. The molecule has 0 radical (unpaired) electrons. The van der Waals surface area contributed by atoms with Gasteiger partial charge in [0.25, 0.3) is 6.43 Å². The molecule has 0 amide bonds. The molecule has 0 atom stereocenters. The molecule has 0 saturated carbocycles. The average Bonchev–Trinajstić information content (AvgIpc) is 2.26. The van der Waals surface area contributed by atoms with Crippen molar-refractivity contribution in [1.82, 2.24) is 4.98 Å². The molecule has 1 heterocycles. The maximum absolute atomic E-state index is 12.5. The third-order valence-electron chi connectivity index (χ3n) is 1.95. The molecule has 0 spiro atoms. The fraction of sp³-hybridized carbons (Fsp3) is 0.333. The van der Waals surface area contributed by atoms with Crippen LogP contribution in [0.15, 0.2) is 6.20 Å². The van der Waals surface area contributed by atoms with Gasteiger partial charge in [-0.05, 0) is 0 Å². The van der Waals surface area contributed by atoms with Crippen LogP contribution < -0.4 is 4.74 Å². The number of aromatic nitrogens is 1. The summed E-state index contributed by atoms with van der Waals surface area (Å²) < 4.78 is 29.9. The van der Waals surface area contributed by atoms with Gasteiger partial charge in [-0.3, -0.25) is 4.98 Å². The number of carbonyl (C=O) groups is 1. The summed E-state index contributed by atoms with van der Waals surface area (Å²) in [4.78, 5) is 14.3. The van der Waals surface area contributed by atoms with Crippen molar-refractivity contribution in [3.8, 4) is 5.75 Å². The molecule has 16 heavy (non-hydrogen) atoms. The maximum Gasteiger partial charge on any atom is 0.338 e. The molecule has 0 aliphatic carbocycles. The summed E-state index contributed by atoms with van der Waals surface area (Å²) in [6, 6.07) is 0. The first-order chi connectivity index (χ1) is 7.52. The normalized spacial score (nSPS) is 10.6. The minimum atomic E-state index is -2.97. The van der Waals surface area contributed by atoms with Gasteiger partial charge in [0.2, 0.25) is 0 Å². The molecule has 0 aromatic carbocycles. The predicted molar refractivity (Wildman–Crippen MR) is 52.3 cm³/mol. The molecule has 7 heteroatoms. The zero-order valence-corrected chi connectivity index (χ0v) is 8.96. The lowest BCUT2D eigenvalue weighted by molar-refractivity contribution is 0.0680. The molecular formula is C9H8ClF2NO3. The van der Waals surface area contributed by atoms with Crippen LogP contribution in [0.3, 0.4) is 0 Å². The van der Waals surface area contributed by atoms with E-state index in [-0.39, 0.29) is 17.2 Å². The van der Waals surface area contributed by atoms with E-state index in [1.165, 1.54) is 7.11 Å². The molecule has 1 aromatic rings. The zero-order chi connectivity index (χ0) is 12.3. The van der Waals surface area contributed by atoms with Crippen LogP contribution >= 0.6 is 11.6 Å². The third kappa shape index (κ3) is 2.21. The van der Waals surface area contributed by atoms with Crippen molar-refractivity contribution >= 4 is 17.6 Å². The van der Waals surface area contributed by atoms with Crippen LogP contribution in [0, 0.1) is 0 Å². The number of rotatable bonds is 4. The minimum Gasteiger partial charge on any atom is -0.495 e. The second kappa shape index (κ2) is 5.07. The van der Waals surface area contributed by atoms with Crippen LogP contribution in [-0.2, 0) is 5.88 Å². The Morgan fingerprint density at radius 1 is 1.69 bits per heavy atom. The largest absolute Gasteiger partial charge is 0.495 e. The molecule has 0 saturated heterocycles. The monoisotopic (exact) mass is 251 g/mol. The van der Waals surface area contributed by atoms with Crippen molar-refractivity contribution < 1.29 is 23.4 Å². The van der Waals surface area contributed by atoms with Gasteiger partial charge in [0.1, 0.15) is 11.4 Å². The average molecular weight is 252 g/mol. The second-order valence-corrected chi connectivity index (χ2v) is 3.07. The Kier molecular flexibility index (Phi) is 4.00.